The number of unbranched alkanes of at least 4 members (excludes halogenated alkanes) is 2. The minimum absolute atomic E-state index is 0.0429. The summed E-state index contributed by atoms with van der Waals surface area (Å²) in [5.74, 6) is -2.48. The number of amides is 1. The minimum Gasteiger partial charge on any atom is -0.481 e. The summed E-state index contributed by atoms with van der Waals surface area (Å²) in [6.45, 7) is 1.96. The molecule has 0 aliphatic heterocycles. The predicted molar refractivity (Wildman–Crippen MR) is 92.8 cm³/mol. The molecule has 2 N–H and O–H groups in total. The monoisotopic (exact) mass is 375 g/mol. The van der Waals surface area contributed by atoms with Crippen LogP contribution in [0.3, 0.4) is 0 Å². The Balaban J connectivity index is 2.74. The molecule has 0 saturated heterocycles. The van der Waals surface area contributed by atoms with Gasteiger partial charge >= 0.3 is 5.97 Å². The topological polar surface area (TPSA) is 101 Å². The summed E-state index contributed by atoms with van der Waals surface area (Å²) in [4.78, 5) is 23.0. The van der Waals surface area contributed by atoms with Crippen LogP contribution in [0.15, 0.2) is 24.3 Å². The van der Waals surface area contributed by atoms with Gasteiger partial charge in [0.05, 0.1) is 18.2 Å². The molecule has 1 atom stereocenters. The molecule has 0 heterocycles. The van der Waals surface area contributed by atoms with Crippen LogP contribution < -0.4 is 5.32 Å². The fourth-order valence-corrected chi connectivity index (χ4v) is 3.60. The molecule has 1 aromatic carbocycles. The number of nitrogens with one attached hydrogen (secondary N) is 1. The van der Waals surface area contributed by atoms with Crippen LogP contribution in [-0.2, 0) is 19.4 Å². The molecule has 0 radical (unpaired) electrons. The Kier molecular flexibility index (Phi) is 8.21. The zero-order valence-corrected chi connectivity index (χ0v) is 15.1. The van der Waals surface area contributed by atoms with Crippen LogP contribution in [-0.4, -0.2) is 36.9 Å². The second-order valence-electron chi connectivity index (χ2n) is 5.57. The van der Waals surface area contributed by atoms with Crippen LogP contribution in [0.2, 0.25) is 5.02 Å². The highest BCUT2D eigenvalue weighted by molar-refractivity contribution is 7.92. The van der Waals surface area contributed by atoms with E-state index in [0.29, 0.717) is 17.0 Å². The van der Waals surface area contributed by atoms with E-state index in [1.54, 1.807) is 24.3 Å². The quantitative estimate of drug-likeness (QED) is 0.612. The maximum atomic E-state index is 12.0. The number of carbonyl (C=O) groups excluding carboxylic acids is 1. The molecule has 0 saturated carbocycles. The summed E-state index contributed by atoms with van der Waals surface area (Å²) < 4.78 is 23.8. The highest BCUT2D eigenvalue weighted by atomic mass is 35.5. The first kappa shape index (κ1) is 20.4. The van der Waals surface area contributed by atoms with Gasteiger partial charge < -0.3 is 10.4 Å². The average Bonchev–Trinajstić information content (AvgIpc) is 2.46. The molecule has 24 heavy (non-hydrogen) atoms. The van der Waals surface area contributed by atoms with Crippen LogP contribution in [0.4, 0.5) is 0 Å². The van der Waals surface area contributed by atoms with Gasteiger partial charge in [-0.05, 0) is 24.1 Å². The highest BCUT2D eigenvalue weighted by Crippen LogP contribution is 2.19. The molecule has 134 valence electrons. The third-order valence-electron chi connectivity index (χ3n) is 3.40. The van der Waals surface area contributed by atoms with Crippen molar-refractivity contribution >= 4 is 33.3 Å². The van der Waals surface area contributed by atoms with Gasteiger partial charge in [-0.25, -0.2) is 8.42 Å². The summed E-state index contributed by atoms with van der Waals surface area (Å²) >= 11 is 5.79. The first-order valence-corrected chi connectivity index (χ1v) is 9.90. The van der Waals surface area contributed by atoms with Gasteiger partial charge in [-0.3, -0.25) is 9.59 Å². The third-order valence-corrected chi connectivity index (χ3v) is 5.26. The van der Waals surface area contributed by atoms with E-state index >= 15 is 0 Å². The molecular formula is C16H22ClNO5S. The van der Waals surface area contributed by atoms with Crippen molar-refractivity contribution in [1.29, 1.82) is 0 Å². The molecule has 0 unspecified atom stereocenters. The molecule has 0 fully saturated rings. The Morgan fingerprint density at radius 2 is 1.83 bits per heavy atom. The summed E-state index contributed by atoms with van der Waals surface area (Å²) in [7, 11) is -3.50. The number of sulfone groups is 1. The largest absolute Gasteiger partial charge is 0.481 e. The molecule has 0 bridgehead atoms. The van der Waals surface area contributed by atoms with Crippen LogP contribution in [0, 0.1) is 0 Å². The van der Waals surface area contributed by atoms with Gasteiger partial charge in [0.15, 0.2) is 9.84 Å². The fraction of sp³-hybridized carbons (Fsp3) is 0.500. The van der Waals surface area contributed by atoms with Crippen molar-refractivity contribution in [3.05, 3.63) is 34.9 Å². The fourth-order valence-electron chi connectivity index (χ4n) is 2.20. The SMILES string of the molecule is CCCCCS(=O)(=O)CC(=O)N[C@@H](CC(=O)O)c1ccc(Cl)cc1. The number of halogens is 1. The second kappa shape index (κ2) is 9.64. The van der Waals surface area contributed by atoms with Crippen molar-refractivity contribution in [3.63, 3.8) is 0 Å². The maximum Gasteiger partial charge on any atom is 0.305 e. The molecule has 0 aliphatic carbocycles. The van der Waals surface area contributed by atoms with Gasteiger partial charge in [0.2, 0.25) is 5.91 Å². The Morgan fingerprint density at radius 1 is 1.21 bits per heavy atom. The number of hydrogen-bond donors (Lipinski definition) is 2. The van der Waals surface area contributed by atoms with Gasteiger partial charge in [-0.1, -0.05) is 43.5 Å². The zero-order valence-electron chi connectivity index (χ0n) is 13.5. The summed E-state index contributed by atoms with van der Waals surface area (Å²) in [5.41, 5.74) is 0.554. The predicted octanol–water partition coefficient (Wildman–Crippen LogP) is 2.58. The lowest BCUT2D eigenvalue weighted by Gasteiger charge is -2.17. The second-order valence-corrected chi connectivity index (χ2v) is 8.19. The molecule has 1 rings (SSSR count). The maximum absolute atomic E-state index is 12.0. The lowest BCUT2D eigenvalue weighted by atomic mass is 10.0. The number of benzene rings is 1. The van der Waals surface area contributed by atoms with E-state index in [1.165, 1.54) is 0 Å². The lowest BCUT2D eigenvalue weighted by Crippen LogP contribution is -2.35. The zero-order chi connectivity index (χ0) is 18.2. The molecule has 6 nitrogen and oxygen atoms in total. The van der Waals surface area contributed by atoms with Crippen LogP contribution >= 0.6 is 11.6 Å². The van der Waals surface area contributed by atoms with E-state index in [0.717, 1.165) is 12.8 Å². The summed E-state index contributed by atoms with van der Waals surface area (Å²) in [6.07, 6.45) is 1.84. The number of hydrogen-bond acceptors (Lipinski definition) is 4. The Bertz CT molecular complexity index is 658. The van der Waals surface area contributed by atoms with Crippen molar-refractivity contribution in [2.24, 2.45) is 0 Å². The minimum atomic E-state index is -3.50. The first-order valence-electron chi connectivity index (χ1n) is 7.70. The third kappa shape index (κ3) is 7.79. The van der Waals surface area contributed by atoms with Gasteiger partial charge in [-0.2, -0.15) is 0 Å². The first-order chi connectivity index (χ1) is 11.2. The Morgan fingerprint density at radius 3 is 2.38 bits per heavy atom. The van der Waals surface area contributed by atoms with Crippen molar-refractivity contribution in [3.8, 4) is 0 Å². The van der Waals surface area contributed by atoms with Crippen molar-refractivity contribution in [1.82, 2.24) is 5.32 Å². The van der Waals surface area contributed by atoms with E-state index in [2.05, 4.69) is 5.32 Å². The average molecular weight is 376 g/mol. The van der Waals surface area contributed by atoms with Crippen LogP contribution in [0.5, 0.6) is 0 Å². The molecule has 0 spiro atoms. The molecule has 0 aromatic heterocycles. The van der Waals surface area contributed by atoms with Crippen molar-refractivity contribution in [2.45, 2.75) is 38.6 Å². The number of carboxylic acid groups (broad SMARTS) is 1. The van der Waals surface area contributed by atoms with E-state index in [4.69, 9.17) is 16.7 Å². The number of rotatable bonds is 10. The lowest BCUT2D eigenvalue weighted by molar-refractivity contribution is -0.137. The highest BCUT2D eigenvalue weighted by Gasteiger charge is 2.22. The van der Waals surface area contributed by atoms with Gasteiger partial charge in [0, 0.05) is 5.02 Å². The van der Waals surface area contributed by atoms with E-state index in [1.807, 2.05) is 6.92 Å². The normalized spacial score (nSPS) is 12.6. The number of carbonyl (C=O) groups is 2. The molecular weight excluding hydrogens is 354 g/mol. The molecule has 1 amide bonds. The Labute approximate surface area is 147 Å². The summed E-state index contributed by atoms with van der Waals surface area (Å²) in [6, 6.07) is 5.56. The van der Waals surface area contributed by atoms with E-state index in [9.17, 15) is 18.0 Å². The van der Waals surface area contributed by atoms with E-state index < -0.39 is 33.5 Å². The standard InChI is InChI=1S/C16H22ClNO5S/c1-2-3-4-9-24(22,23)11-15(19)18-14(10-16(20)21)12-5-7-13(17)8-6-12/h5-8,14H,2-4,9-11H2,1H3,(H,18,19)(H,20,21)/t14-/m0/s1. The van der Waals surface area contributed by atoms with Gasteiger partial charge in [0.1, 0.15) is 5.75 Å². The van der Waals surface area contributed by atoms with Crippen LogP contribution in [0.1, 0.15) is 44.2 Å². The smallest absolute Gasteiger partial charge is 0.305 e. The van der Waals surface area contributed by atoms with Gasteiger partial charge in [-0.15, -0.1) is 0 Å². The molecule has 8 heteroatoms. The molecule has 1 aromatic rings. The van der Waals surface area contributed by atoms with Gasteiger partial charge in [0.25, 0.3) is 0 Å². The number of carboxylic acids is 1. The number of aliphatic carboxylic acids is 1. The van der Waals surface area contributed by atoms with Crippen molar-refractivity contribution in [2.75, 3.05) is 11.5 Å². The van der Waals surface area contributed by atoms with Crippen molar-refractivity contribution < 1.29 is 23.1 Å². The Hall–Kier alpha value is -1.60. The van der Waals surface area contributed by atoms with E-state index in [-0.39, 0.29) is 12.2 Å². The summed E-state index contributed by atoms with van der Waals surface area (Å²) in [5, 5.41) is 12.0. The van der Waals surface area contributed by atoms with Crippen LogP contribution in [0.25, 0.3) is 0 Å². The molecule has 0 aliphatic rings.